The maximum absolute atomic E-state index is 11.8. The number of anilines is 1. The zero-order valence-electron chi connectivity index (χ0n) is 13.6. The third kappa shape index (κ3) is 7.51. The number of aromatic nitrogens is 2. The molecule has 1 atom stereocenters. The van der Waals surface area contributed by atoms with Crippen LogP contribution in [-0.4, -0.2) is 33.4 Å². The number of amides is 1. The molecule has 0 spiro atoms. The van der Waals surface area contributed by atoms with Crippen molar-refractivity contribution in [2.24, 2.45) is 0 Å². The van der Waals surface area contributed by atoms with E-state index in [1.807, 2.05) is 50.2 Å². The molecule has 1 aromatic heterocycles. The van der Waals surface area contributed by atoms with Crippen molar-refractivity contribution in [2.75, 3.05) is 5.32 Å². The minimum atomic E-state index is -5.08. The van der Waals surface area contributed by atoms with Crippen molar-refractivity contribution in [1.82, 2.24) is 10.2 Å². The molecule has 0 fully saturated rings. The molecule has 3 N–H and O–H groups in total. The molecule has 0 radical (unpaired) electrons. The van der Waals surface area contributed by atoms with Gasteiger partial charge in [-0.25, -0.2) is 4.79 Å². The molecule has 0 aliphatic carbocycles. The number of H-pyrrole nitrogens is 1. The normalized spacial score (nSPS) is 11.9. The van der Waals surface area contributed by atoms with Crippen molar-refractivity contribution >= 4 is 17.7 Å². The summed E-state index contributed by atoms with van der Waals surface area (Å²) in [7, 11) is 0. The van der Waals surface area contributed by atoms with Gasteiger partial charge in [0.05, 0.1) is 0 Å². The monoisotopic (exact) mass is 357 g/mol. The molecular weight excluding hydrogens is 339 g/mol. The van der Waals surface area contributed by atoms with E-state index in [0.717, 1.165) is 5.69 Å². The summed E-state index contributed by atoms with van der Waals surface area (Å²) in [6.45, 7) is 3.94. The molecule has 0 saturated heterocycles. The van der Waals surface area contributed by atoms with Gasteiger partial charge in [0.15, 0.2) is 5.82 Å². The molecule has 1 heterocycles. The van der Waals surface area contributed by atoms with Crippen molar-refractivity contribution in [1.29, 1.82) is 0 Å². The second-order valence-electron chi connectivity index (χ2n) is 5.30. The fourth-order valence-electron chi connectivity index (χ4n) is 1.85. The molecule has 1 aromatic carbocycles. The first-order valence-corrected chi connectivity index (χ1v) is 7.26. The molecular formula is C16H18F3N3O3. The maximum atomic E-state index is 11.8. The van der Waals surface area contributed by atoms with Crippen LogP contribution in [0.3, 0.4) is 0 Å². The number of hydrogen-bond donors (Lipinski definition) is 3. The average Bonchev–Trinajstić information content (AvgIpc) is 2.92. The number of nitrogens with one attached hydrogen (secondary N) is 2. The predicted octanol–water partition coefficient (Wildman–Crippen LogP) is 3.48. The Morgan fingerprint density at radius 2 is 1.84 bits per heavy atom. The van der Waals surface area contributed by atoms with Crippen LogP contribution in [0.15, 0.2) is 36.4 Å². The number of aromatic amines is 1. The summed E-state index contributed by atoms with van der Waals surface area (Å²) >= 11 is 0. The van der Waals surface area contributed by atoms with Crippen LogP contribution in [-0.2, 0) is 9.59 Å². The Morgan fingerprint density at radius 1 is 1.28 bits per heavy atom. The second kappa shape index (κ2) is 8.86. The quantitative estimate of drug-likeness (QED) is 0.781. The molecule has 0 aliphatic rings. The van der Waals surface area contributed by atoms with Crippen LogP contribution < -0.4 is 5.32 Å². The zero-order chi connectivity index (χ0) is 19.0. The Labute approximate surface area is 142 Å². The molecule has 2 aromatic rings. The van der Waals surface area contributed by atoms with E-state index < -0.39 is 12.1 Å². The number of carbonyl (C=O) groups excluding carboxylic acids is 1. The van der Waals surface area contributed by atoms with Gasteiger partial charge in [-0.2, -0.15) is 18.3 Å². The summed E-state index contributed by atoms with van der Waals surface area (Å²) in [5.41, 5.74) is 2.10. The number of aliphatic carboxylic acids is 1. The van der Waals surface area contributed by atoms with Crippen molar-refractivity contribution in [3.8, 4) is 0 Å². The number of nitrogens with zero attached hydrogens (tertiary/aromatic N) is 1. The molecule has 1 amide bonds. The molecule has 9 heteroatoms. The van der Waals surface area contributed by atoms with Gasteiger partial charge in [-0.15, -0.1) is 0 Å². The van der Waals surface area contributed by atoms with Gasteiger partial charge in [0, 0.05) is 18.2 Å². The van der Waals surface area contributed by atoms with Gasteiger partial charge in [-0.3, -0.25) is 9.89 Å². The van der Waals surface area contributed by atoms with Gasteiger partial charge in [-0.1, -0.05) is 37.3 Å². The second-order valence-corrected chi connectivity index (χ2v) is 5.30. The van der Waals surface area contributed by atoms with Gasteiger partial charge < -0.3 is 10.4 Å². The van der Waals surface area contributed by atoms with E-state index in [1.165, 1.54) is 5.56 Å². The molecule has 2 rings (SSSR count). The number of carbonyl (C=O) groups is 2. The highest BCUT2D eigenvalue weighted by molar-refractivity contribution is 5.90. The number of rotatable bonds is 4. The van der Waals surface area contributed by atoms with Crippen LogP contribution >= 0.6 is 0 Å². The van der Waals surface area contributed by atoms with Crippen LogP contribution in [0.2, 0.25) is 0 Å². The van der Waals surface area contributed by atoms with Crippen LogP contribution in [0.4, 0.5) is 19.0 Å². The average molecular weight is 357 g/mol. The van der Waals surface area contributed by atoms with Gasteiger partial charge in [-0.05, 0) is 18.4 Å². The third-order valence-corrected chi connectivity index (χ3v) is 3.08. The summed E-state index contributed by atoms with van der Waals surface area (Å²) in [5.74, 6) is -1.99. The first-order valence-electron chi connectivity index (χ1n) is 7.26. The van der Waals surface area contributed by atoms with Crippen molar-refractivity contribution in [2.45, 2.75) is 32.4 Å². The topological polar surface area (TPSA) is 95.1 Å². The van der Waals surface area contributed by atoms with E-state index in [2.05, 4.69) is 15.5 Å². The first-order chi connectivity index (χ1) is 11.6. The number of carboxylic acids is 1. The number of alkyl halides is 3. The predicted molar refractivity (Wildman–Crippen MR) is 85.1 cm³/mol. The van der Waals surface area contributed by atoms with Crippen molar-refractivity contribution in [3.63, 3.8) is 0 Å². The number of carboxylic acid groups (broad SMARTS) is 1. The molecule has 6 nitrogen and oxygen atoms in total. The molecule has 0 bridgehead atoms. The lowest BCUT2D eigenvalue weighted by atomic mass is 9.98. The van der Waals surface area contributed by atoms with Crippen molar-refractivity contribution in [3.05, 3.63) is 47.7 Å². The minimum absolute atomic E-state index is 0.0159. The fraction of sp³-hybridized carbons (Fsp3) is 0.312. The molecule has 1 unspecified atom stereocenters. The Balaban J connectivity index is 0.000000381. The number of benzene rings is 1. The number of halogens is 3. The van der Waals surface area contributed by atoms with Gasteiger partial charge in [0.1, 0.15) is 0 Å². The zero-order valence-corrected chi connectivity index (χ0v) is 13.6. The van der Waals surface area contributed by atoms with Crippen molar-refractivity contribution < 1.29 is 27.9 Å². The Hall–Kier alpha value is -2.84. The van der Waals surface area contributed by atoms with Gasteiger partial charge in [0.2, 0.25) is 5.91 Å². The van der Waals surface area contributed by atoms with Crippen LogP contribution in [0.5, 0.6) is 0 Å². The fourth-order valence-corrected chi connectivity index (χ4v) is 1.85. The summed E-state index contributed by atoms with van der Waals surface area (Å²) in [6.07, 6.45) is -4.63. The summed E-state index contributed by atoms with van der Waals surface area (Å²) in [4.78, 5) is 20.7. The number of hydrogen-bond acceptors (Lipinski definition) is 3. The van der Waals surface area contributed by atoms with Gasteiger partial charge in [0.25, 0.3) is 0 Å². The first kappa shape index (κ1) is 20.2. The standard InChI is InChI=1S/C14H17N3O.C2HF3O2/c1-10(12-6-4-3-5-7-12)8-14(18)15-13-9-11(2)16-17-13;3-2(4,5)1(6)7/h3-7,9-10H,8H2,1-2H3,(H2,15,16,17,18);(H,6,7). The highest BCUT2D eigenvalue weighted by Gasteiger charge is 2.38. The minimum Gasteiger partial charge on any atom is -0.475 e. The van der Waals surface area contributed by atoms with Gasteiger partial charge >= 0.3 is 12.1 Å². The Morgan fingerprint density at radius 3 is 2.28 bits per heavy atom. The highest BCUT2D eigenvalue weighted by Crippen LogP contribution is 2.19. The van der Waals surface area contributed by atoms with Crippen LogP contribution in [0, 0.1) is 6.92 Å². The smallest absolute Gasteiger partial charge is 0.475 e. The van der Waals surface area contributed by atoms with E-state index in [0.29, 0.717) is 12.2 Å². The third-order valence-electron chi connectivity index (χ3n) is 3.08. The Kier molecular flexibility index (Phi) is 7.16. The summed E-state index contributed by atoms with van der Waals surface area (Å²) in [5, 5.41) is 16.7. The molecule has 25 heavy (non-hydrogen) atoms. The highest BCUT2D eigenvalue weighted by atomic mass is 19.4. The number of aryl methyl sites for hydroxylation is 1. The molecule has 136 valence electrons. The SMILES string of the molecule is Cc1cc(NC(=O)CC(C)c2ccccc2)n[nH]1.O=C(O)C(F)(F)F. The van der Waals surface area contributed by atoms with E-state index in [9.17, 15) is 18.0 Å². The molecule has 0 aliphatic heterocycles. The largest absolute Gasteiger partial charge is 0.490 e. The van der Waals surface area contributed by atoms with Crippen LogP contribution in [0.25, 0.3) is 0 Å². The lowest BCUT2D eigenvalue weighted by Crippen LogP contribution is -2.21. The molecule has 0 saturated carbocycles. The summed E-state index contributed by atoms with van der Waals surface area (Å²) < 4.78 is 31.7. The van der Waals surface area contributed by atoms with E-state index >= 15 is 0 Å². The van der Waals surface area contributed by atoms with E-state index in [1.54, 1.807) is 0 Å². The summed E-state index contributed by atoms with van der Waals surface area (Å²) in [6, 6.07) is 11.8. The van der Waals surface area contributed by atoms with Crippen LogP contribution in [0.1, 0.15) is 30.5 Å². The lowest BCUT2D eigenvalue weighted by Gasteiger charge is -2.10. The maximum Gasteiger partial charge on any atom is 0.490 e. The lowest BCUT2D eigenvalue weighted by molar-refractivity contribution is -0.192. The van der Waals surface area contributed by atoms with E-state index in [4.69, 9.17) is 9.90 Å². The Bertz CT molecular complexity index is 699. The van der Waals surface area contributed by atoms with E-state index in [-0.39, 0.29) is 11.8 Å².